The van der Waals surface area contributed by atoms with Gasteiger partial charge >= 0.3 is 18.2 Å². The molecule has 6 nitrogen and oxygen atoms in total. The van der Waals surface area contributed by atoms with Gasteiger partial charge in [0.25, 0.3) is 0 Å². The molecule has 23 heavy (non-hydrogen) atoms. The van der Waals surface area contributed by atoms with Gasteiger partial charge < -0.3 is 20.1 Å². The molecule has 1 rings (SSSR count). The SMILES string of the molecule is CC(C)(C)OC(=O)N1CC(CC(=O)O)(NCCCC(F)(F)F)C1. The molecule has 0 aromatic heterocycles. The van der Waals surface area contributed by atoms with Gasteiger partial charge in [-0.2, -0.15) is 13.2 Å². The van der Waals surface area contributed by atoms with Gasteiger partial charge in [0.2, 0.25) is 0 Å². The molecule has 9 heteroatoms. The highest BCUT2D eigenvalue weighted by Gasteiger charge is 2.47. The minimum absolute atomic E-state index is 0.0367. The van der Waals surface area contributed by atoms with Gasteiger partial charge in [-0.3, -0.25) is 4.79 Å². The van der Waals surface area contributed by atoms with Crippen LogP contribution in [0.25, 0.3) is 0 Å². The van der Waals surface area contributed by atoms with Gasteiger partial charge in [0, 0.05) is 19.5 Å². The zero-order valence-electron chi connectivity index (χ0n) is 13.5. The monoisotopic (exact) mass is 340 g/mol. The van der Waals surface area contributed by atoms with Gasteiger partial charge in [0.15, 0.2) is 0 Å². The molecule has 1 amide bonds. The number of nitrogens with zero attached hydrogens (tertiary/aromatic N) is 1. The van der Waals surface area contributed by atoms with E-state index in [0.717, 1.165) is 0 Å². The van der Waals surface area contributed by atoms with E-state index < -0.39 is 35.8 Å². The highest BCUT2D eigenvalue weighted by Crippen LogP contribution is 2.27. The molecule has 1 heterocycles. The Bertz CT molecular complexity index is 440. The highest BCUT2D eigenvalue weighted by molar-refractivity contribution is 5.73. The number of hydrogen-bond donors (Lipinski definition) is 2. The van der Waals surface area contributed by atoms with Gasteiger partial charge in [0.05, 0.1) is 12.0 Å². The zero-order valence-corrected chi connectivity index (χ0v) is 13.5. The van der Waals surface area contributed by atoms with Gasteiger partial charge in [-0.15, -0.1) is 0 Å². The lowest BCUT2D eigenvalue weighted by Gasteiger charge is -2.49. The molecule has 0 aromatic carbocycles. The predicted octanol–water partition coefficient (Wildman–Crippen LogP) is 2.38. The van der Waals surface area contributed by atoms with Crippen LogP contribution in [0, 0.1) is 0 Å². The second-order valence-electron chi connectivity index (χ2n) is 6.83. The summed E-state index contributed by atoms with van der Waals surface area (Å²) >= 11 is 0. The fourth-order valence-corrected chi connectivity index (χ4v) is 2.36. The van der Waals surface area contributed by atoms with Crippen LogP contribution >= 0.6 is 0 Å². The van der Waals surface area contributed by atoms with Crippen LogP contribution in [0.2, 0.25) is 0 Å². The maximum Gasteiger partial charge on any atom is 0.410 e. The number of amides is 1. The summed E-state index contributed by atoms with van der Waals surface area (Å²) in [5.41, 5.74) is -1.56. The first-order valence-electron chi connectivity index (χ1n) is 7.33. The van der Waals surface area contributed by atoms with Crippen LogP contribution in [-0.4, -0.2) is 59.0 Å². The molecule has 1 fully saturated rings. The molecule has 2 N–H and O–H groups in total. The molecule has 0 bridgehead atoms. The number of halogens is 3. The summed E-state index contributed by atoms with van der Waals surface area (Å²) in [7, 11) is 0. The number of ether oxygens (including phenoxy) is 1. The molecule has 0 spiro atoms. The van der Waals surface area contributed by atoms with Gasteiger partial charge in [0.1, 0.15) is 5.60 Å². The van der Waals surface area contributed by atoms with Crippen LogP contribution in [-0.2, 0) is 9.53 Å². The van der Waals surface area contributed by atoms with Crippen molar-refractivity contribution in [2.75, 3.05) is 19.6 Å². The Morgan fingerprint density at radius 2 is 1.83 bits per heavy atom. The smallest absolute Gasteiger partial charge is 0.410 e. The summed E-state index contributed by atoms with van der Waals surface area (Å²) in [4.78, 5) is 24.1. The van der Waals surface area contributed by atoms with E-state index in [4.69, 9.17) is 9.84 Å². The number of nitrogens with one attached hydrogen (secondary N) is 1. The number of carbonyl (C=O) groups is 2. The van der Waals surface area contributed by atoms with Crippen molar-refractivity contribution >= 4 is 12.1 Å². The molecule has 0 unspecified atom stereocenters. The third-order valence-corrected chi connectivity index (χ3v) is 3.27. The molecule has 1 aliphatic rings. The van der Waals surface area contributed by atoms with Crippen LogP contribution in [0.3, 0.4) is 0 Å². The number of carboxylic acids is 1. The maximum atomic E-state index is 12.1. The Hall–Kier alpha value is -1.51. The van der Waals surface area contributed by atoms with Crippen molar-refractivity contribution in [3.63, 3.8) is 0 Å². The Kier molecular flexibility index (Phi) is 5.89. The minimum Gasteiger partial charge on any atom is -0.481 e. The first-order chi connectivity index (χ1) is 10.3. The zero-order chi connectivity index (χ0) is 17.9. The molecule has 0 aliphatic carbocycles. The van der Waals surface area contributed by atoms with Crippen molar-refractivity contribution in [2.24, 2.45) is 0 Å². The van der Waals surface area contributed by atoms with Crippen LogP contribution < -0.4 is 5.32 Å². The topological polar surface area (TPSA) is 78.9 Å². The molecular formula is C14H23F3N2O4. The van der Waals surface area contributed by atoms with E-state index >= 15 is 0 Å². The van der Waals surface area contributed by atoms with E-state index in [9.17, 15) is 22.8 Å². The second kappa shape index (κ2) is 6.94. The first-order valence-corrected chi connectivity index (χ1v) is 7.33. The lowest BCUT2D eigenvalue weighted by Crippen LogP contribution is -2.71. The number of carboxylic acid groups (broad SMARTS) is 1. The van der Waals surface area contributed by atoms with E-state index in [2.05, 4.69) is 5.32 Å². The Labute approximate surface area is 133 Å². The van der Waals surface area contributed by atoms with Crippen molar-refractivity contribution in [3.05, 3.63) is 0 Å². The maximum absolute atomic E-state index is 12.1. The molecular weight excluding hydrogens is 317 g/mol. The van der Waals surface area contributed by atoms with E-state index in [1.807, 2.05) is 0 Å². The number of hydrogen-bond acceptors (Lipinski definition) is 4. The molecule has 0 aromatic rings. The lowest BCUT2D eigenvalue weighted by molar-refractivity contribution is -0.142. The quantitative estimate of drug-likeness (QED) is 0.726. The molecule has 0 atom stereocenters. The predicted molar refractivity (Wildman–Crippen MR) is 76.1 cm³/mol. The van der Waals surface area contributed by atoms with E-state index in [1.165, 1.54) is 4.90 Å². The van der Waals surface area contributed by atoms with Crippen LogP contribution in [0.15, 0.2) is 0 Å². The average Bonchev–Trinajstić information content (AvgIpc) is 2.25. The average molecular weight is 340 g/mol. The normalized spacial score (nSPS) is 17.6. The number of alkyl halides is 3. The molecule has 0 saturated carbocycles. The third-order valence-electron chi connectivity index (χ3n) is 3.27. The van der Waals surface area contributed by atoms with Crippen molar-refractivity contribution in [1.82, 2.24) is 10.2 Å². The molecule has 0 radical (unpaired) electrons. The Morgan fingerprint density at radius 1 is 1.26 bits per heavy atom. The van der Waals surface area contributed by atoms with Crippen molar-refractivity contribution in [2.45, 2.75) is 57.3 Å². The van der Waals surface area contributed by atoms with Crippen LogP contribution in [0.1, 0.15) is 40.0 Å². The van der Waals surface area contributed by atoms with E-state index in [-0.39, 0.29) is 32.5 Å². The van der Waals surface area contributed by atoms with Gasteiger partial charge in [-0.05, 0) is 33.7 Å². The van der Waals surface area contributed by atoms with Crippen molar-refractivity contribution in [3.8, 4) is 0 Å². The number of rotatable bonds is 6. The van der Waals surface area contributed by atoms with Crippen LogP contribution in [0.4, 0.5) is 18.0 Å². The third kappa shape index (κ3) is 7.06. The van der Waals surface area contributed by atoms with Gasteiger partial charge in [-0.25, -0.2) is 4.79 Å². The van der Waals surface area contributed by atoms with E-state index in [1.54, 1.807) is 20.8 Å². The summed E-state index contributed by atoms with van der Waals surface area (Å²) < 4.78 is 41.5. The standard InChI is InChI=1S/C14H23F3N2O4/c1-12(2,3)23-11(22)19-8-13(9-19,7-10(20)21)18-6-4-5-14(15,16)17/h18H,4-9H2,1-3H3,(H,20,21). The van der Waals surface area contributed by atoms with Crippen molar-refractivity contribution < 1.29 is 32.6 Å². The second-order valence-corrected chi connectivity index (χ2v) is 6.83. The summed E-state index contributed by atoms with van der Waals surface area (Å²) in [5, 5.41) is 11.8. The summed E-state index contributed by atoms with van der Waals surface area (Å²) in [6.07, 6.45) is -6.13. The Morgan fingerprint density at radius 3 is 2.26 bits per heavy atom. The summed E-state index contributed by atoms with van der Waals surface area (Å²) in [6, 6.07) is 0. The number of likely N-dealkylation sites (tertiary alicyclic amines) is 1. The summed E-state index contributed by atoms with van der Waals surface area (Å²) in [6.45, 7) is 5.37. The van der Waals surface area contributed by atoms with Gasteiger partial charge in [-0.1, -0.05) is 0 Å². The molecule has 134 valence electrons. The van der Waals surface area contributed by atoms with E-state index in [0.29, 0.717) is 0 Å². The lowest BCUT2D eigenvalue weighted by atomic mass is 9.86. The van der Waals surface area contributed by atoms with Crippen LogP contribution in [0.5, 0.6) is 0 Å². The first kappa shape index (κ1) is 19.5. The molecule has 1 saturated heterocycles. The minimum atomic E-state index is -4.23. The number of aliphatic carboxylic acids is 1. The van der Waals surface area contributed by atoms with Crippen molar-refractivity contribution in [1.29, 1.82) is 0 Å². The fraction of sp³-hybridized carbons (Fsp3) is 0.857. The summed E-state index contributed by atoms with van der Waals surface area (Å²) in [5.74, 6) is -1.07. The highest BCUT2D eigenvalue weighted by atomic mass is 19.4. The fourth-order valence-electron chi connectivity index (χ4n) is 2.36. The Balaban J connectivity index is 2.50. The largest absolute Gasteiger partial charge is 0.481 e. The molecule has 1 aliphatic heterocycles. The number of carbonyl (C=O) groups excluding carboxylic acids is 1.